The fraction of sp³-hybridized carbons (Fsp3) is 0.611. The molecule has 0 saturated heterocycles. The number of aliphatic imine (C=N–C) groups is 1. The van der Waals surface area contributed by atoms with E-state index in [2.05, 4.69) is 67.1 Å². The lowest BCUT2D eigenvalue weighted by Gasteiger charge is -2.14. The molecule has 0 heterocycles. The van der Waals surface area contributed by atoms with Gasteiger partial charge in [-0.05, 0) is 57.0 Å². The number of nitrogens with one attached hydrogen (secondary N) is 2. The predicted molar refractivity (Wildman–Crippen MR) is 120 cm³/mol. The van der Waals surface area contributed by atoms with E-state index in [4.69, 9.17) is 4.99 Å². The second-order valence-corrected chi connectivity index (χ2v) is 6.81. The van der Waals surface area contributed by atoms with Gasteiger partial charge in [-0.3, -0.25) is 0 Å². The van der Waals surface area contributed by atoms with Crippen LogP contribution >= 0.6 is 35.7 Å². The minimum absolute atomic E-state index is 0. The minimum Gasteiger partial charge on any atom is -0.357 e. The summed E-state index contributed by atoms with van der Waals surface area (Å²) in [6.45, 7) is 5.63. The molecule has 0 fully saturated rings. The molecule has 0 aliphatic heterocycles. The number of halogens is 1. The zero-order chi connectivity index (χ0) is 16.9. The summed E-state index contributed by atoms with van der Waals surface area (Å²) in [5, 5.41) is 6.76. The Morgan fingerprint density at radius 1 is 1.12 bits per heavy atom. The molecular formula is C18H33IN4S. The van der Waals surface area contributed by atoms with Crippen LogP contribution in [0.5, 0.6) is 0 Å². The number of unbranched alkanes of at least 4 members (excludes halogenated alkanes) is 1. The van der Waals surface area contributed by atoms with Crippen molar-refractivity contribution < 1.29 is 0 Å². The average Bonchev–Trinajstić information content (AvgIpc) is 2.53. The molecule has 0 aliphatic carbocycles. The monoisotopic (exact) mass is 464 g/mol. The Balaban J connectivity index is 0.00000529. The zero-order valence-electron chi connectivity index (χ0n) is 15.5. The van der Waals surface area contributed by atoms with Crippen molar-refractivity contribution >= 4 is 41.7 Å². The van der Waals surface area contributed by atoms with Crippen LogP contribution in [0.15, 0.2) is 29.3 Å². The summed E-state index contributed by atoms with van der Waals surface area (Å²) in [7, 11) is 4.19. The topological polar surface area (TPSA) is 39.7 Å². The van der Waals surface area contributed by atoms with Crippen LogP contribution in [0.2, 0.25) is 0 Å². The van der Waals surface area contributed by atoms with Gasteiger partial charge < -0.3 is 15.5 Å². The van der Waals surface area contributed by atoms with Crippen molar-refractivity contribution in [2.45, 2.75) is 32.9 Å². The molecule has 24 heavy (non-hydrogen) atoms. The van der Waals surface area contributed by atoms with Crippen LogP contribution in [0.25, 0.3) is 0 Å². The quantitative estimate of drug-likeness (QED) is 0.241. The van der Waals surface area contributed by atoms with E-state index < -0.39 is 0 Å². The molecule has 0 amide bonds. The highest BCUT2D eigenvalue weighted by molar-refractivity contribution is 14.0. The van der Waals surface area contributed by atoms with E-state index >= 15 is 0 Å². The van der Waals surface area contributed by atoms with E-state index in [1.807, 2.05) is 11.8 Å². The van der Waals surface area contributed by atoms with Gasteiger partial charge in [0.05, 0.1) is 6.54 Å². The number of hydrogen-bond acceptors (Lipinski definition) is 3. The third kappa shape index (κ3) is 10.4. The maximum absolute atomic E-state index is 4.74. The van der Waals surface area contributed by atoms with Crippen molar-refractivity contribution in [2.24, 2.45) is 4.99 Å². The van der Waals surface area contributed by atoms with Crippen molar-refractivity contribution in [1.29, 1.82) is 0 Å². The average molecular weight is 464 g/mol. The van der Waals surface area contributed by atoms with Gasteiger partial charge in [-0.15, -0.1) is 24.0 Å². The van der Waals surface area contributed by atoms with Crippen molar-refractivity contribution in [3.05, 3.63) is 35.4 Å². The molecule has 0 radical (unpaired) electrons. The van der Waals surface area contributed by atoms with Gasteiger partial charge in [-0.2, -0.15) is 11.8 Å². The standard InChI is InChI=1S/C18H32N4S.HI/c1-5-19-18(20-12-8-9-13-23-4)21-14-16-10-6-7-11-17(16)15-22(2)3;/h6-7,10-11H,5,8-9,12-15H2,1-4H3,(H2,19,20,21);1H. The Morgan fingerprint density at radius 2 is 1.83 bits per heavy atom. The van der Waals surface area contributed by atoms with E-state index in [1.165, 1.54) is 29.7 Å². The predicted octanol–water partition coefficient (Wildman–Crippen LogP) is 3.56. The van der Waals surface area contributed by atoms with Crippen LogP contribution in [0.1, 0.15) is 30.9 Å². The minimum atomic E-state index is 0. The summed E-state index contributed by atoms with van der Waals surface area (Å²) < 4.78 is 0. The first-order valence-corrected chi connectivity index (χ1v) is 9.79. The molecule has 0 unspecified atom stereocenters. The number of hydrogen-bond donors (Lipinski definition) is 2. The molecule has 1 aromatic rings. The molecule has 0 aliphatic rings. The fourth-order valence-corrected chi connectivity index (χ4v) is 2.78. The van der Waals surface area contributed by atoms with Crippen LogP contribution in [-0.4, -0.2) is 50.1 Å². The summed E-state index contributed by atoms with van der Waals surface area (Å²) in [6, 6.07) is 8.55. The Hall–Kier alpha value is -0.470. The van der Waals surface area contributed by atoms with Crippen LogP contribution in [0, 0.1) is 0 Å². The normalized spacial score (nSPS) is 11.3. The molecule has 138 valence electrons. The highest BCUT2D eigenvalue weighted by Crippen LogP contribution is 2.11. The van der Waals surface area contributed by atoms with Crippen molar-refractivity contribution in [1.82, 2.24) is 15.5 Å². The zero-order valence-corrected chi connectivity index (χ0v) is 18.6. The van der Waals surface area contributed by atoms with E-state index in [-0.39, 0.29) is 24.0 Å². The first kappa shape index (κ1) is 23.5. The molecule has 0 bridgehead atoms. The number of rotatable bonds is 10. The Morgan fingerprint density at radius 3 is 2.46 bits per heavy atom. The third-order valence-corrected chi connectivity index (χ3v) is 4.12. The van der Waals surface area contributed by atoms with Gasteiger partial charge in [0.2, 0.25) is 0 Å². The van der Waals surface area contributed by atoms with Gasteiger partial charge in [0.15, 0.2) is 5.96 Å². The van der Waals surface area contributed by atoms with Gasteiger partial charge >= 0.3 is 0 Å². The van der Waals surface area contributed by atoms with Crippen molar-refractivity contribution in [2.75, 3.05) is 39.2 Å². The Kier molecular flexibility index (Phi) is 14.5. The summed E-state index contributed by atoms with van der Waals surface area (Å²) in [6.07, 6.45) is 4.59. The van der Waals surface area contributed by atoms with Gasteiger partial charge in [0.25, 0.3) is 0 Å². The highest BCUT2D eigenvalue weighted by atomic mass is 127. The molecule has 0 atom stereocenters. The van der Waals surface area contributed by atoms with Crippen LogP contribution in [0.4, 0.5) is 0 Å². The van der Waals surface area contributed by atoms with Gasteiger partial charge in [0.1, 0.15) is 0 Å². The molecule has 0 saturated carbocycles. The van der Waals surface area contributed by atoms with Gasteiger partial charge in [-0.1, -0.05) is 24.3 Å². The molecule has 0 spiro atoms. The van der Waals surface area contributed by atoms with Crippen LogP contribution in [-0.2, 0) is 13.1 Å². The molecule has 1 rings (SSSR count). The first-order chi connectivity index (χ1) is 11.2. The van der Waals surface area contributed by atoms with E-state index in [0.29, 0.717) is 6.54 Å². The van der Waals surface area contributed by atoms with Crippen molar-refractivity contribution in [3.8, 4) is 0 Å². The van der Waals surface area contributed by atoms with E-state index in [9.17, 15) is 0 Å². The largest absolute Gasteiger partial charge is 0.357 e. The molecule has 0 aromatic heterocycles. The molecular weight excluding hydrogens is 431 g/mol. The summed E-state index contributed by atoms with van der Waals surface area (Å²) in [5.74, 6) is 2.14. The number of guanidine groups is 1. The second-order valence-electron chi connectivity index (χ2n) is 5.83. The molecule has 4 nitrogen and oxygen atoms in total. The number of benzene rings is 1. The summed E-state index contributed by atoms with van der Waals surface area (Å²) >= 11 is 1.91. The smallest absolute Gasteiger partial charge is 0.191 e. The van der Waals surface area contributed by atoms with Gasteiger partial charge in [0, 0.05) is 19.6 Å². The van der Waals surface area contributed by atoms with E-state index in [0.717, 1.165) is 25.6 Å². The Labute approximate surface area is 169 Å². The first-order valence-electron chi connectivity index (χ1n) is 8.40. The lowest BCUT2D eigenvalue weighted by atomic mass is 10.1. The third-order valence-electron chi connectivity index (χ3n) is 3.42. The number of nitrogens with zero attached hydrogens (tertiary/aromatic N) is 2. The fourth-order valence-electron chi connectivity index (χ4n) is 2.29. The highest BCUT2D eigenvalue weighted by Gasteiger charge is 2.03. The summed E-state index contributed by atoms with van der Waals surface area (Å²) in [5.41, 5.74) is 2.64. The maximum atomic E-state index is 4.74. The Bertz CT molecular complexity index is 466. The molecule has 6 heteroatoms. The maximum Gasteiger partial charge on any atom is 0.191 e. The van der Waals surface area contributed by atoms with E-state index in [1.54, 1.807) is 0 Å². The van der Waals surface area contributed by atoms with Gasteiger partial charge in [-0.25, -0.2) is 4.99 Å². The van der Waals surface area contributed by atoms with Crippen molar-refractivity contribution in [3.63, 3.8) is 0 Å². The second kappa shape index (κ2) is 14.8. The molecule has 2 N–H and O–H groups in total. The van der Waals surface area contributed by atoms with Crippen LogP contribution < -0.4 is 10.6 Å². The SMILES string of the molecule is CCNC(=NCc1ccccc1CN(C)C)NCCCCSC.I. The lowest BCUT2D eigenvalue weighted by Crippen LogP contribution is -2.37. The number of thioether (sulfide) groups is 1. The van der Waals surface area contributed by atoms with Crippen LogP contribution in [0.3, 0.4) is 0 Å². The summed E-state index contributed by atoms with van der Waals surface area (Å²) in [4.78, 5) is 6.93. The lowest BCUT2D eigenvalue weighted by molar-refractivity contribution is 0.401. The molecule has 1 aromatic carbocycles.